The predicted molar refractivity (Wildman–Crippen MR) is 152 cm³/mol. The lowest BCUT2D eigenvalue weighted by Gasteiger charge is -2.13. The molecule has 0 unspecified atom stereocenters. The van der Waals surface area contributed by atoms with Gasteiger partial charge in [-0.15, -0.1) is 0 Å². The number of methoxy groups -OCH3 is 1. The Labute approximate surface area is 231 Å². The van der Waals surface area contributed by atoms with E-state index in [1.165, 1.54) is 4.68 Å². The number of fused-ring (bicyclic) bond motifs is 1. The maximum atomic E-state index is 13.3. The van der Waals surface area contributed by atoms with Gasteiger partial charge in [0.15, 0.2) is 11.5 Å². The lowest BCUT2D eigenvalue weighted by Crippen LogP contribution is -2.22. The SMILES string of the molecule is CCCCc1nc2ccc(Br)cc2c(=O)n1N=Cc1cc(OC)c(OCc2ccccc2Cl)cc1Br. The number of unbranched alkanes of at least 4 members (excludes halogenated alkanes) is 1. The average Bonchev–Trinajstić information content (AvgIpc) is 2.87. The normalized spacial score (nSPS) is 11.4. The van der Waals surface area contributed by atoms with Crippen LogP contribution in [-0.4, -0.2) is 23.0 Å². The van der Waals surface area contributed by atoms with Crippen LogP contribution in [0, 0.1) is 0 Å². The summed E-state index contributed by atoms with van der Waals surface area (Å²) < 4.78 is 14.5. The molecule has 1 heterocycles. The minimum Gasteiger partial charge on any atom is -0.493 e. The van der Waals surface area contributed by atoms with Crippen molar-refractivity contribution < 1.29 is 9.47 Å². The molecule has 0 aliphatic rings. The molecule has 9 heteroatoms. The van der Waals surface area contributed by atoms with Gasteiger partial charge in [-0.3, -0.25) is 4.79 Å². The second kappa shape index (κ2) is 12.0. The van der Waals surface area contributed by atoms with Gasteiger partial charge in [0, 0.05) is 31.5 Å². The van der Waals surface area contributed by atoms with E-state index in [9.17, 15) is 4.79 Å². The standard InChI is InChI=1S/C27H24Br2ClN3O3/c1-3-4-9-26-32-23-11-10-19(28)13-20(23)27(34)33(26)31-15-18-12-24(35-2)25(14-21(18)29)36-16-17-7-5-6-8-22(17)30/h5-8,10-15H,3-4,9,16H2,1-2H3. The Hall–Kier alpha value is -2.68. The van der Waals surface area contributed by atoms with Crippen molar-refractivity contribution in [2.75, 3.05) is 7.11 Å². The van der Waals surface area contributed by atoms with Gasteiger partial charge in [0.25, 0.3) is 5.56 Å². The topological polar surface area (TPSA) is 65.7 Å². The van der Waals surface area contributed by atoms with Crippen molar-refractivity contribution in [2.24, 2.45) is 5.10 Å². The van der Waals surface area contributed by atoms with Crippen LogP contribution in [0.3, 0.4) is 0 Å². The number of rotatable bonds is 9. The van der Waals surface area contributed by atoms with Crippen LogP contribution in [0.1, 0.15) is 36.7 Å². The minimum absolute atomic E-state index is 0.216. The van der Waals surface area contributed by atoms with Crippen LogP contribution in [0.2, 0.25) is 5.02 Å². The highest BCUT2D eigenvalue weighted by Gasteiger charge is 2.13. The molecule has 3 aromatic carbocycles. The molecule has 0 atom stereocenters. The number of halogens is 3. The number of hydrogen-bond donors (Lipinski definition) is 0. The second-order valence-electron chi connectivity index (χ2n) is 8.06. The van der Waals surface area contributed by atoms with Gasteiger partial charge in [-0.2, -0.15) is 9.78 Å². The third-order valence-corrected chi connectivity index (χ3v) is 7.11. The zero-order valence-corrected chi connectivity index (χ0v) is 23.7. The van der Waals surface area contributed by atoms with Gasteiger partial charge in [0.2, 0.25) is 0 Å². The van der Waals surface area contributed by atoms with E-state index >= 15 is 0 Å². The first kappa shape index (κ1) is 26.4. The van der Waals surface area contributed by atoms with Crippen molar-refractivity contribution in [3.63, 3.8) is 0 Å². The highest BCUT2D eigenvalue weighted by molar-refractivity contribution is 9.10. The van der Waals surface area contributed by atoms with E-state index in [4.69, 9.17) is 26.1 Å². The quantitative estimate of drug-likeness (QED) is 0.180. The molecule has 0 radical (unpaired) electrons. The number of aryl methyl sites for hydroxylation is 1. The third kappa shape index (κ3) is 5.99. The largest absolute Gasteiger partial charge is 0.493 e. The Morgan fingerprint density at radius 3 is 2.67 bits per heavy atom. The summed E-state index contributed by atoms with van der Waals surface area (Å²) in [7, 11) is 1.57. The van der Waals surface area contributed by atoms with E-state index in [0.29, 0.717) is 46.3 Å². The van der Waals surface area contributed by atoms with Crippen LogP contribution in [0.5, 0.6) is 11.5 Å². The van der Waals surface area contributed by atoms with E-state index in [1.54, 1.807) is 25.5 Å². The molecule has 186 valence electrons. The number of benzene rings is 3. The number of aromatic nitrogens is 2. The van der Waals surface area contributed by atoms with Crippen molar-refractivity contribution >= 4 is 60.6 Å². The van der Waals surface area contributed by atoms with Crippen LogP contribution in [0.25, 0.3) is 10.9 Å². The van der Waals surface area contributed by atoms with E-state index in [-0.39, 0.29) is 5.56 Å². The molecule has 0 saturated carbocycles. The molecule has 4 rings (SSSR count). The van der Waals surface area contributed by atoms with Crippen LogP contribution in [0.15, 0.2) is 73.4 Å². The van der Waals surface area contributed by atoms with Crippen molar-refractivity contribution in [1.29, 1.82) is 0 Å². The lowest BCUT2D eigenvalue weighted by molar-refractivity contribution is 0.284. The zero-order chi connectivity index (χ0) is 25.7. The van der Waals surface area contributed by atoms with E-state index in [2.05, 4.69) is 43.9 Å². The molecule has 0 bridgehead atoms. The van der Waals surface area contributed by atoms with Gasteiger partial charge in [-0.05, 0) is 58.7 Å². The molecule has 36 heavy (non-hydrogen) atoms. The fourth-order valence-corrected chi connectivity index (χ4v) is 4.60. The first-order valence-corrected chi connectivity index (χ1v) is 13.4. The van der Waals surface area contributed by atoms with Gasteiger partial charge >= 0.3 is 0 Å². The van der Waals surface area contributed by atoms with Crippen molar-refractivity contribution in [2.45, 2.75) is 32.8 Å². The molecular weight excluding hydrogens is 610 g/mol. The number of ether oxygens (including phenoxy) is 2. The Morgan fingerprint density at radius 1 is 1.11 bits per heavy atom. The summed E-state index contributed by atoms with van der Waals surface area (Å²) in [5.41, 5.74) is 2.03. The summed E-state index contributed by atoms with van der Waals surface area (Å²) in [6, 6.07) is 16.6. The Morgan fingerprint density at radius 2 is 1.92 bits per heavy atom. The van der Waals surface area contributed by atoms with Crippen LogP contribution in [0.4, 0.5) is 0 Å². The molecule has 1 aromatic heterocycles. The summed E-state index contributed by atoms with van der Waals surface area (Å²) >= 11 is 13.3. The van der Waals surface area contributed by atoms with Crippen molar-refractivity contribution in [1.82, 2.24) is 9.66 Å². The van der Waals surface area contributed by atoms with E-state index in [0.717, 1.165) is 32.9 Å². The summed E-state index contributed by atoms with van der Waals surface area (Å²) in [5.74, 6) is 1.71. The van der Waals surface area contributed by atoms with E-state index < -0.39 is 0 Å². The molecule has 0 amide bonds. The second-order valence-corrected chi connectivity index (χ2v) is 10.2. The maximum Gasteiger partial charge on any atom is 0.282 e. The number of nitrogens with zero attached hydrogens (tertiary/aromatic N) is 3. The van der Waals surface area contributed by atoms with Gasteiger partial charge in [0.05, 0.1) is 24.2 Å². The summed E-state index contributed by atoms with van der Waals surface area (Å²) in [5, 5.41) is 5.68. The first-order chi connectivity index (χ1) is 17.4. The van der Waals surface area contributed by atoms with Crippen molar-refractivity contribution in [3.8, 4) is 11.5 Å². The monoisotopic (exact) mass is 631 g/mol. The lowest BCUT2D eigenvalue weighted by atomic mass is 10.2. The first-order valence-electron chi connectivity index (χ1n) is 11.4. The molecule has 0 aliphatic carbocycles. The Bertz CT molecular complexity index is 1490. The minimum atomic E-state index is -0.216. The maximum absolute atomic E-state index is 13.3. The van der Waals surface area contributed by atoms with Gasteiger partial charge in [-0.1, -0.05) is 59.1 Å². The molecule has 0 fully saturated rings. The molecule has 0 spiro atoms. The molecular formula is C27H24Br2ClN3O3. The fourth-order valence-electron chi connectivity index (χ4n) is 3.62. The van der Waals surface area contributed by atoms with Gasteiger partial charge in [0.1, 0.15) is 12.4 Å². The highest BCUT2D eigenvalue weighted by atomic mass is 79.9. The van der Waals surface area contributed by atoms with Crippen molar-refractivity contribution in [3.05, 3.63) is 95.9 Å². The Kier molecular flexibility index (Phi) is 8.82. The Balaban J connectivity index is 1.68. The predicted octanol–water partition coefficient (Wildman–Crippen LogP) is 7.39. The van der Waals surface area contributed by atoms with Crippen LogP contribution >= 0.6 is 43.5 Å². The van der Waals surface area contributed by atoms with E-state index in [1.807, 2.05) is 42.5 Å². The molecule has 4 aromatic rings. The smallest absolute Gasteiger partial charge is 0.282 e. The van der Waals surface area contributed by atoms with Gasteiger partial charge < -0.3 is 9.47 Å². The molecule has 6 nitrogen and oxygen atoms in total. The molecule has 0 N–H and O–H groups in total. The van der Waals surface area contributed by atoms with Crippen LogP contribution in [-0.2, 0) is 13.0 Å². The third-order valence-electron chi connectivity index (χ3n) is 5.57. The zero-order valence-electron chi connectivity index (χ0n) is 19.8. The summed E-state index contributed by atoms with van der Waals surface area (Å²) in [6.45, 7) is 2.40. The van der Waals surface area contributed by atoms with Gasteiger partial charge in [-0.25, -0.2) is 4.98 Å². The summed E-state index contributed by atoms with van der Waals surface area (Å²) in [6.07, 6.45) is 4.15. The number of hydrogen-bond acceptors (Lipinski definition) is 5. The fraction of sp³-hybridized carbons (Fsp3) is 0.222. The molecule has 0 saturated heterocycles. The summed E-state index contributed by atoms with van der Waals surface area (Å²) in [4.78, 5) is 18.0. The van der Waals surface area contributed by atoms with Crippen LogP contribution < -0.4 is 15.0 Å². The highest BCUT2D eigenvalue weighted by Crippen LogP contribution is 2.34. The molecule has 0 aliphatic heterocycles. The average molecular weight is 634 g/mol.